The number of hydrogen-bond acceptors (Lipinski definition) is 6. The van der Waals surface area contributed by atoms with Gasteiger partial charge in [-0.25, -0.2) is 23.1 Å². The van der Waals surface area contributed by atoms with Crippen molar-refractivity contribution in [3.63, 3.8) is 0 Å². The monoisotopic (exact) mass is 427 g/mol. The Hall–Kier alpha value is -3.07. The molecule has 2 heterocycles. The summed E-state index contributed by atoms with van der Waals surface area (Å²) in [5, 5.41) is 6.68. The van der Waals surface area contributed by atoms with E-state index in [9.17, 15) is 13.2 Å². The quantitative estimate of drug-likeness (QED) is 0.648. The standard InChI is InChI=1S/C21H25N5O3S/c1-13(2)30(28,29)19-8-6-17(7-9-19)10-20(27)24-18-11-22-21(23-12-18)26-16(5)14(3)15(4)25-26/h6-9,11-13H,10H2,1-5H3,(H,24,27). The number of rotatable bonds is 6. The molecule has 0 spiro atoms. The van der Waals surface area contributed by atoms with Crippen molar-refractivity contribution in [2.75, 3.05) is 5.32 Å². The van der Waals surface area contributed by atoms with Crippen LogP contribution in [-0.4, -0.2) is 39.3 Å². The molecule has 0 aliphatic rings. The molecule has 3 rings (SSSR count). The number of sulfone groups is 1. The minimum Gasteiger partial charge on any atom is -0.323 e. The highest BCUT2D eigenvalue weighted by Crippen LogP contribution is 2.18. The van der Waals surface area contributed by atoms with Crippen LogP contribution in [0.5, 0.6) is 0 Å². The summed E-state index contributed by atoms with van der Waals surface area (Å²) < 4.78 is 26.0. The summed E-state index contributed by atoms with van der Waals surface area (Å²) in [4.78, 5) is 21.2. The predicted octanol–water partition coefficient (Wildman–Crippen LogP) is 2.95. The van der Waals surface area contributed by atoms with Crippen molar-refractivity contribution in [1.82, 2.24) is 19.7 Å². The number of carbonyl (C=O) groups excluding carboxylic acids is 1. The van der Waals surface area contributed by atoms with Gasteiger partial charge in [-0.05, 0) is 57.9 Å². The summed E-state index contributed by atoms with van der Waals surface area (Å²) in [6, 6.07) is 6.37. The molecule has 3 aromatic rings. The van der Waals surface area contributed by atoms with Crippen LogP contribution in [0.15, 0.2) is 41.6 Å². The Morgan fingerprint density at radius 3 is 2.17 bits per heavy atom. The van der Waals surface area contributed by atoms with Gasteiger partial charge < -0.3 is 5.32 Å². The zero-order valence-electron chi connectivity index (χ0n) is 17.7. The van der Waals surface area contributed by atoms with Crippen LogP contribution in [0.1, 0.15) is 36.4 Å². The summed E-state index contributed by atoms with van der Waals surface area (Å²) in [6.45, 7) is 9.15. The lowest BCUT2D eigenvalue weighted by molar-refractivity contribution is -0.115. The van der Waals surface area contributed by atoms with Crippen molar-refractivity contribution >= 4 is 21.4 Å². The van der Waals surface area contributed by atoms with Crippen molar-refractivity contribution in [3.05, 3.63) is 59.2 Å². The highest BCUT2D eigenvalue weighted by molar-refractivity contribution is 7.92. The van der Waals surface area contributed by atoms with Gasteiger partial charge in [0.05, 0.1) is 40.3 Å². The molecule has 1 N–H and O–H groups in total. The van der Waals surface area contributed by atoms with Crippen LogP contribution < -0.4 is 5.32 Å². The van der Waals surface area contributed by atoms with Crippen LogP contribution in [-0.2, 0) is 21.1 Å². The lowest BCUT2D eigenvalue weighted by Crippen LogP contribution is -2.16. The lowest BCUT2D eigenvalue weighted by atomic mass is 10.1. The molecular weight excluding hydrogens is 402 g/mol. The average molecular weight is 428 g/mol. The van der Waals surface area contributed by atoms with Crippen molar-refractivity contribution < 1.29 is 13.2 Å². The molecule has 9 heteroatoms. The van der Waals surface area contributed by atoms with Gasteiger partial charge in [0.1, 0.15) is 0 Å². The fourth-order valence-corrected chi connectivity index (χ4v) is 3.93. The SMILES string of the molecule is Cc1nn(-c2ncc(NC(=O)Cc3ccc(S(=O)(=O)C(C)C)cc3)cn2)c(C)c1C. The van der Waals surface area contributed by atoms with Crippen molar-refractivity contribution in [1.29, 1.82) is 0 Å². The first-order chi connectivity index (χ1) is 14.1. The molecule has 0 fully saturated rings. The smallest absolute Gasteiger partial charge is 0.250 e. The largest absolute Gasteiger partial charge is 0.323 e. The van der Waals surface area contributed by atoms with Gasteiger partial charge in [-0.2, -0.15) is 5.10 Å². The van der Waals surface area contributed by atoms with Crippen LogP contribution in [0.25, 0.3) is 5.95 Å². The first-order valence-corrected chi connectivity index (χ1v) is 11.1. The molecule has 1 amide bonds. The Kier molecular flexibility index (Phi) is 6.02. The van der Waals surface area contributed by atoms with E-state index in [1.807, 2.05) is 20.8 Å². The Morgan fingerprint density at radius 2 is 1.67 bits per heavy atom. The molecule has 0 saturated carbocycles. The van der Waals surface area contributed by atoms with Gasteiger partial charge in [-0.15, -0.1) is 0 Å². The van der Waals surface area contributed by atoms with E-state index in [4.69, 9.17) is 0 Å². The minimum absolute atomic E-state index is 0.112. The molecule has 0 aliphatic heterocycles. The number of benzene rings is 1. The van der Waals surface area contributed by atoms with Crippen LogP contribution in [0.2, 0.25) is 0 Å². The van der Waals surface area contributed by atoms with Crippen LogP contribution in [0.3, 0.4) is 0 Å². The molecule has 2 aromatic heterocycles. The maximum atomic E-state index is 12.3. The Labute approximate surface area is 176 Å². The molecule has 0 unspecified atom stereocenters. The number of aromatic nitrogens is 4. The second-order valence-corrected chi connectivity index (χ2v) is 9.95. The average Bonchev–Trinajstić information content (AvgIpc) is 2.96. The molecule has 8 nitrogen and oxygen atoms in total. The highest BCUT2D eigenvalue weighted by Gasteiger charge is 2.19. The molecular formula is C21H25N5O3S. The van der Waals surface area contributed by atoms with E-state index < -0.39 is 15.1 Å². The molecule has 0 bridgehead atoms. The first kappa shape index (κ1) is 21.6. The van der Waals surface area contributed by atoms with Crippen molar-refractivity contribution in [2.45, 2.75) is 51.2 Å². The molecule has 0 radical (unpaired) electrons. The lowest BCUT2D eigenvalue weighted by Gasteiger charge is -2.09. The number of aryl methyl sites for hydroxylation is 1. The summed E-state index contributed by atoms with van der Waals surface area (Å²) in [5.41, 5.74) is 4.16. The second-order valence-electron chi connectivity index (χ2n) is 7.44. The third-order valence-electron chi connectivity index (χ3n) is 5.00. The van der Waals surface area contributed by atoms with E-state index in [1.165, 1.54) is 24.5 Å². The van der Waals surface area contributed by atoms with E-state index in [0.717, 1.165) is 17.0 Å². The number of nitrogens with one attached hydrogen (secondary N) is 1. The van der Waals surface area contributed by atoms with Gasteiger partial charge in [-0.3, -0.25) is 4.79 Å². The minimum atomic E-state index is -3.33. The van der Waals surface area contributed by atoms with Crippen LogP contribution >= 0.6 is 0 Å². The van der Waals surface area contributed by atoms with E-state index >= 15 is 0 Å². The number of amides is 1. The number of hydrogen-bond donors (Lipinski definition) is 1. The van der Waals surface area contributed by atoms with Crippen LogP contribution in [0.4, 0.5) is 5.69 Å². The van der Waals surface area contributed by atoms with E-state index in [1.54, 1.807) is 30.7 Å². The predicted molar refractivity (Wildman–Crippen MR) is 114 cm³/mol. The summed E-state index contributed by atoms with van der Waals surface area (Å²) >= 11 is 0. The fourth-order valence-electron chi connectivity index (χ4n) is 2.87. The fraction of sp³-hybridized carbons (Fsp3) is 0.333. The normalized spacial score (nSPS) is 11.7. The van der Waals surface area contributed by atoms with Gasteiger partial charge in [0.15, 0.2) is 9.84 Å². The van der Waals surface area contributed by atoms with Gasteiger partial charge >= 0.3 is 0 Å². The molecule has 0 atom stereocenters. The Balaban J connectivity index is 1.66. The summed E-state index contributed by atoms with van der Waals surface area (Å²) in [6.07, 6.45) is 3.18. The third kappa shape index (κ3) is 4.40. The maximum Gasteiger partial charge on any atom is 0.250 e. The molecule has 0 aliphatic carbocycles. The molecule has 30 heavy (non-hydrogen) atoms. The molecule has 158 valence electrons. The Morgan fingerprint density at radius 1 is 1.07 bits per heavy atom. The van der Waals surface area contributed by atoms with Crippen LogP contribution in [0, 0.1) is 20.8 Å². The zero-order valence-corrected chi connectivity index (χ0v) is 18.5. The van der Waals surface area contributed by atoms with Gasteiger partial charge in [0, 0.05) is 5.69 Å². The van der Waals surface area contributed by atoms with Gasteiger partial charge in [0.2, 0.25) is 5.91 Å². The summed E-state index contributed by atoms with van der Waals surface area (Å²) in [7, 11) is -3.33. The van der Waals surface area contributed by atoms with E-state index in [-0.39, 0.29) is 17.2 Å². The van der Waals surface area contributed by atoms with E-state index in [2.05, 4.69) is 20.4 Å². The molecule has 1 aromatic carbocycles. The Bertz CT molecular complexity index is 1160. The number of nitrogens with zero attached hydrogens (tertiary/aromatic N) is 4. The summed E-state index contributed by atoms with van der Waals surface area (Å²) in [5.74, 6) is 0.191. The zero-order chi connectivity index (χ0) is 22.1. The first-order valence-electron chi connectivity index (χ1n) is 9.57. The van der Waals surface area contributed by atoms with Crippen molar-refractivity contribution in [3.8, 4) is 5.95 Å². The maximum absolute atomic E-state index is 12.3. The molecule has 0 saturated heterocycles. The number of anilines is 1. The second kappa shape index (κ2) is 8.35. The highest BCUT2D eigenvalue weighted by atomic mass is 32.2. The van der Waals surface area contributed by atoms with Crippen molar-refractivity contribution in [2.24, 2.45) is 0 Å². The number of carbonyl (C=O) groups is 1. The third-order valence-corrected chi connectivity index (χ3v) is 7.17. The van der Waals surface area contributed by atoms with Gasteiger partial charge in [-0.1, -0.05) is 12.1 Å². The van der Waals surface area contributed by atoms with E-state index in [0.29, 0.717) is 17.2 Å². The topological polar surface area (TPSA) is 107 Å². The van der Waals surface area contributed by atoms with Gasteiger partial charge in [0.25, 0.3) is 5.95 Å².